The standard InChI is InChI=1S/C19H27N3O5S/c1-26-17-7-5-16(6-8-19(23)20-21-9-3-2-4-10-21)15-18(17)28(24,25)22-11-13-27-14-12-22/h5-8,15H,2-4,9-14H2,1H3,(H,20,23)/b8-6+. The van der Waals surface area contributed by atoms with Gasteiger partial charge in [-0.15, -0.1) is 0 Å². The third-order valence-electron chi connectivity index (χ3n) is 4.83. The number of piperidine rings is 1. The van der Waals surface area contributed by atoms with Crippen molar-refractivity contribution in [3.63, 3.8) is 0 Å². The van der Waals surface area contributed by atoms with E-state index in [1.165, 1.54) is 30.0 Å². The fourth-order valence-corrected chi connectivity index (χ4v) is 4.89. The number of sulfonamides is 1. The minimum absolute atomic E-state index is 0.0930. The smallest absolute Gasteiger partial charge is 0.258 e. The summed E-state index contributed by atoms with van der Waals surface area (Å²) in [5, 5.41) is 1.92. The van der Waals surface area contributed by atoms with Gasteiger partial charge in [-0.3, -0.25) is 10.2 Å². The fraction of sp³-hybridized carbons (Fsp3) is 0.526. The highest BCUT2D eigenvalue weighted by atomic mass is 32.2. The minimum atomic E-state index is -3.70. The molecule has 2 saturated heterocycles. The Bertz CT molecular complexity index is 813. The molecule has 0 atom stereocenters. The van der Waals surface area contributed by atoms with E-state index in [0.717, 1.165) is 25.9 Å². The topological polar surface area (TPSA) is 88.2 Å². The van der Waals surface area contributed by atoms with Crippen LogP contribution >= 0.6 is 0 Å². The number of rotatable bonds is 6. The first kappa shape index (κ1) is 20.8. The van der Waals surface area contributed by atoms with Crippen LogP contribution in [0.1, 0.15) is 24.8 Å². The molecule has 28 heavy (non-hydrogen) atoms. The molecule has 1 aromatic rings. The predicted molar refractivity (Wildman–Crippen MR) is 105 cm³/mol. The Kier molecular flexibility index (Phi) is 7.06. The minimum Gasteiger partial charge on any atom is -0.495 e. The summed E-state index contributed by atoms with van der Waals surface area (Å²) >= 11 is 0. The van der Waals surface area contributed by atoms with Crippen LogP contribution in [0.5, 0.6) is 5.75 Å². The molecule has 0 aliphatic carbocycles. The van der Waals surface area contributed by atoms with E-state index in [1.807, 2.05) is 5.01 Å². The van der Waals surface area contributed by atoms with Gasteiger partial charge in [0, 0.05) is 32.3 Å². The average Bonchev–Trinajstić information content (AvgIpc) is 2.73. The second-order valence-electron chi connectivity index (χ2n) is 6.78. The Hall–Kier alpha value is -1.94. The van der Waals surface area contributed by atoms with Gasteiger partial charge in [0.05, 0.1) is 20.3 Å². The van der Waals surface area contributed by atoms with Crippen molar-refractivity contribution in [1.82, 2.24) is 14.7 Å². The molecular formula is C19H27N3O5S. The quantitative estimate of drug-likeness (QED) is 0.712. The highest BCUT2D eigenvalue weighted by molar-refractivity contribution is 7.89. The summed E-state index contributed by atoms with van der Waals surface area (Å²) in [5.41, 5.74) is 3.46. The van der Waals surface area contributed by atoms with Crippen LogP contribution in [0.25, 0.3) is 6.08 Å². The molecule has 0 saturated carbocycles. The average molecular weight is 410 g/mol. The summed E-state index contributed by atoms with van der Waals surface area (Å²) in [5.74, 6) is 0.0525. The fourth-order valence-electron chi connectivity index (χ4n) is 3.30. The third-order valence-corrected chi connectivity index (χ3v) is 6.75. The second kappa shape index (κ2) is 9.51. The number of benzene rings is 1. The third kappa shape index (κ3) is 5.11. The number of carbonyl (C=O) groups excluding carboxylic acids is 1. The maximum atomic E-state index is 13.0. The van der Waals surface area contributed by atoms with Gasteiger partial charge in [0.1, 0.15) is 10.6 Å². The van der Waals surface area contributed by atoms with Crippen LogP contribution in [0, 0.1) is 0 Å². The van der Waals surface area contributed by atoms with Crippen LogP contribution in [0.4, 0.5) is 0 Å². The van der Waals surface area contributed by atoms with Crippen LogP contribution in [0.15, 0.2) is 29.2 Å². The van der Waals surface area contributed by atoms with Gasteiger partial charge in [-0.2, -0.15) is 4.31 Å². The SMILES string of the molecule is COc1ccc(/C=C/C(=O)NN2CCCCC2)cc1S(=O)(=O)N1CCOCC1. The Morgan fingerprint density at radius 1 is 1.14 bits per heavy atom. The molecule has 8 nitrogen and oxygen atoms in total. The molecule has 9 heteroatoms. The van der Waals surface area contributed by atoms with Crippen LogP contribution in [-0.4, -0.2) is 70.1 Å². The van der Waals surface area contributed by atoms with Gasteiger partial charge < -0.3 is 9.47 Å². The van der Waals surface area contributed by atoms with Gasteiger partial charge in [-0.1, -0.05) is 12.5 Å². The number of carbonyl (C=O) groups is 1. The summed E-state index contributed by atoms with van der Waals surface area (Å²) < 4.78 is 37.9. The van der Waals surface area contributed by atoms with Crippen LogP contribution < -0.4 is 10.2 Å². The van der Waals surface area contributed by atoms with Gasteiger partial charge in [-0.05, 0) is 36.6 Å². The Morgan fingerprint density at radius 3 is 2.54 bits per heavy atom. The van der Waals surface area contributed by atoms with E-state index < -0.39 is 10.0 Å². The predicted octanol–water partition coefficient (Wildman–Crippen LogP) is 1.25. The maximum absolute atomic E-state index is 13.0. The summed E-state index contributed by atoms with van der Waals surface area (Å²) in [6.07, 6.45) is 6.36. The van der Waals surface area contributed by atoms with Gasteiger partial charge in [0.2, 0.25) is 10.0 Å². The van der Waals surface area contributed by atoms with E-state index in [-0.39, 0.29) is 16.6 Å². The van der Waals surface area contributed by atoms with E-state index in [0.29, 0.717) is 31.9 Å². The lowest BCUT2D eigenvalue weighted by Crippen LogP contribution is -2.44. The first-order chi connectivity index (χ1) is 13.5. The van der Waals surface area contributed by atoms with Crippen molar-refractivity contribution in [2.75, 3.05) is 46.5 Å². The number of nitrogens with zero attached hydrogens (tertiary/aromatic N) is 2. The summed E-state index contributed by atoms with van der Waals surface area (Å²) in [6, 6.07) is 4.87. The largest absolute Gasteiger partial charge is 0.495 e. The number of hydrogen-bond acceptors (Lipinski definition) is 6. The van der Waals surface area contributed by atoms with Crippen molar-refractivity contribution in [2.24, 2.45) is 0 Å². The first-order valence-electron chi connectivity index (χ1n) is 9.50. The van der Waals surface area contributed by atoms with Gasteiger partial charge in [0.25, 0.3) is 5.91 Å². The summed E-state index contributed by atoms with van der Waals surface area (Å²) in [4.78, 5) is 12.2. The molecule has 0 radical (unpaired) electrons. The van der Waals surface area contributed by atoms with Crippen molar-refractivity contribution in [3.05, 3.63) is 29.8 Å². The molecular weight excluding hydrogens is 382 g/mol. The molecule has 0 aromatic heterocycles. The van der Waals surface area contributed by atoms with Gasteiger partial charge in [0.15, 0.2) is 0 Å². The van der Waals surface area contributed by atoms with Crippen LogP contribution in [-0.2, 0) is 19.6 Å². The number of hydrogen-bond donors (Lipinski definition) is 1. The van der Waals surface area contributed by atoms with Crippen molar-refractivity contribution < 1.29 is 22.7 Å². The van der Waals surface area contributed by atoms with Crippen molar-refractivity contribution in [2.45, 2.75) is 24.2 Å². The van der Waals surface area contributed by atoms with E-state index in [1.54, 1.807) is 18.2 Å². The van der Waals surface area contributed by atoms with Crippen molar-refractivity contribution >= 4 is 22.0 Å². The van der Waals surface area contributed by atoms with Gasteiger partial charge in [-0.25, -0.2) is 13.4 Å². The number of ether oxygens (including phenoxy) is 2. The summed E-state index contributed by atoms with van der Waals surface area (Å²) in [7, 11) is -2.26. The van der Waals surface area contributed by atoms with Crippen molar-refractivity contribution in [1.29, 1.82) is 0 Å². The Morgan fingerprint density at radius 2 is 1.86 bits per heavy atom. The number of hydrazine groups is 1. The zero-order valence-corrected chi connectivity index (χ0v) is 16.9. The highest BCUT2D eigenvalue weighted by Crippen LogP contribution is 2.28. The lowest BCUT2D eigenvalue weighted by atomic mass is 10.2. The second-order valence-corrected chi connectivity index (χ2v) is 8.69. The van der Waals surface area contributed by atoms with E-state index in [2.05, 4.69) is 5.43 Å². The number of nitrogens with one attached hydrogen (secondary N) is 1. The number of methoxy groups -OCH3 is 1. The zero-order valence-electron chi connectivity index (χ0n) is 16.1. The molecule has 0 unspecified atom stereocenters. The molecule has 2 aliphatic rings. The molecule has 2 aliphatic heterocycles. The Balaban J connectivity index is 1.75. The summed E-state index contributed by atoms with van der Waals surface area (Å²) in [6.45, 7) is 3.07. The van der Waals surface area contributed by atoms with Gasteiger partial charge >= 0.3 is 0 Å². The molecule has 3 rings (SSSR count). The van der Waals surface area contributed by atoms with Crippen LogP contribution in [0.3, 0.4) is 0 Å². The lowest BCUT2D eigenvalue weighted by Gasteiger charge is -2.26. The van der Waals surface area contributed by atoms with Crippen molar-refractivity contribution in [3.8, 4) is 5.75 Å². The molecule has 1 N–H and O–H groups in total. The van der Waals surface area contributed by atoms with Crippen LogP contribution in [0.2, 0.25) is 0 Å². The maximum Gasteiger partial charge on any atom is 0.258 e. The van der Waals surface area contributed by atoms with E-state index >= 15 is 0 Å². The first-order valence-corrected chi connectivity index (χ1v) is 10.9. The Labute approximate surface area is 166 Å². The number of morpholine rings is 1. The van der Waals surface area contributed by atoms with E-state index in [9.17, 15) is 13.2 Å². The van der Waals surface area contributed by atoms with E-state index in [4.69, 9.17) is 9.47 Å². The molecule has 1 amide bonds. The normalized spacial score (nSPS) is 19.6. The molecule has 0 bridgehead atoms. The molecule has 2 fully saturated rings. The molecule has 0 spiro atoms. The number of amides is 1. The molecule has 1 aromatic carbocycles. The molecule has 2 heterocycles. The molecule has 154 valence electrons. The lowest BCUT2D eigenvalue weighted by molar-refractivity contribution is -0.121. The zero-order chi connectivity index (χ0) is 20.0. The monoisotopic (exact) mass is 409 g/mol. The highest BCUT2D eigenvalue weighted by Gasteiger charge is 2.29.